The van der Waals surface area contributed by atoms with Gasteiger partial charge in [-0.2, -0.15) is 4.31 Å². The van der Waals surface area contributed by atoms with Gasteiger partial charge in [0.1, 0.15) is 6.10 Å². The van der Waals surface area contributed by atoms with Crippen LogP contribution in [0.2, 0.25) is 0 Å². The van der Waals surface area contributed by atoms with Crippen molar-refractivity contribution in [3.05, 3.63) is 94.6 Å². The summed E-state index contributed by atoms with van der Waals surface area (Å²) in [7, 11) is -4.29. The van der Waals surface area contributed by atoms with Crippen molar-refractivity contribution in [1.82, 2.24) is 4.31 Å². The maximum Gasteiger partial charge on any atom is 0.303 e. The van der Waals surface area contributed by atoms with Crippen molar-refractivity contribution in [2.24, 2.45) is 0 Å². The predicted octanol–water partition coefficient (Wildman–Crippen LogP) is 3.25. The number of hydrogen-bond donors (Lipinski definition) is 0. The number of nitro groups is 1. The summed E-state index contributed by atoms with van der Waals surface area (Å²) in [5.74, 6) is -0.569. The zero-order valence-electron chi connectivity index (χ0n) is 16.9. The van der Waals surface area contributed by atoms with Gasteiger partial charge in [-0.1, -0.05) is 61.2 Å². The number of nitrogens with zero attached hydrogens (tertiary/aromatic N) is 2. The van der Waals surface area contributed by atoms with E-state index in [0.29, 0.717) is 5.57 Å². The topological polar surface area (TPSA) is 107 Å². The number of ether oxygens (including phenoxy) is 1. The summed E-state index contributed by atoms with van der Waals surface area (Å²) in [6.45, 7) is 4.96. The summed E-state index contributed by atoms with van der Waals surface area (Å²) in [4.78, 5) is 22.1. The summed E-state index contributed by atoms with van der Waals surface area (Å²) < 4.78 is 33.8. The first-order valence-electron chi connectivity index (χ1n) is 9.54. The lowest BCUT2D eigenvalue weighted by molar-refractivity contribution is -0.387. The molecule has 31 heavy (non-hydrogen) atoms. The lowest BCUT2D eigenvalue weighted by Gasteiger charge is -2.39. The van der Waals surface area contributed by atoms with Crippen LogP contribution in [0.3, 0.4) is 0 Å². The molecule has 0 spiro atoms. The van der Waals surface area contributed by atoms with Crippen LogP contribution in [0.15, 0.2) is 83.8 Å². The Labute approximate surface area is 180 Å². The molecule has 0 fully saturated rings. The Hall–Kier alpha value is -3.30. The first kappa shape index (κ1) is 22.4. The van der Waals surface area contributed by atoms with Gasteiger partial charge in [0.05, 0.1) is 11.0 Å². The largest absolute Gasteiger partial charge is 0.456 e. The fraction of sp³-hybridized carbons (Fsp3) is 0.227. The van der Waals surface area contributed by atoms with Crippen LogP contribution in [-0.4, -0.2) is 42.3 Å². The minimum absolute atomic E-state index is 0.0367. The number of hydrogen-bond acceptors (Lipinski definition) is 6. The van der Waals surface area contributed by atoms with Crippen LogP contribution in [0.25, 0.3) is 0 Å². The van der Waals surface area contributed by atoms with Crippen molar-refractivity contribution in [2.75, 3.05) is 6.54 Å². The predicted molar refractivity (Wildman–Crippen MR) is 115 cm³/mol. The van der Waals surface area contributed by atoms with Gasteiger partial charge in [0.2, 0.25) is 0 Å². The Morgan fingerprint density at radius 1 is 1.23 bits per heavy atom. The van der Waals surface area contributed by atoms with Crippen LogP contribution in [-0.2, 0) is 26.0 Å². The second-order valence-electron chi connectivity index (χ2n) is 6.99. The Bertz CT molecular complexity index is 1130. The number of benzene rings is 2. The minimum Gasteiger partial charge on any atom is -0.456 e. The van der Waals surface area contributed by atoms with E-state index in [1.165, 1.54) is 31.2 Å². The molecule has 8 nitrogen and oxygen atoms in total. The first-order valence-corrected chi connectivity index (χ1v) is 11.0. The van der Waals surface area contributed by atoms with Gasteiger partial charge < -0.3 is 4.74 Å². The van der Waals surface area contributed by atoms with Crippen LogP contribution in [0, 0.1) is 10.1 Å². The van der Waals surface area contributed by atoms with Gasteiger partial charge in [-0.15, -0.1) is 0 Å². The molecule has 2 aromatic rings. The van der Waals surface area contributed by atoms with Crippen molar-refractivity contribution in [1.29, 1.82) is 0 Å². The maximum absolute atomic E-state index is 13.6. The highest BCUT2D eigenvalue weighted by atomic mass is 32.2. The fourth-order valence-corrected chi connectivity index (χ4v) is 5.36. The molecule has 0 bridgehead atoms. The van der Waals surface area contributed by atoms with Crippen LogP contribution >= 0.6 is 0 Å². The fourth-order valence-electron chi connectivity index (χ4n) is 3.64. The van der Waals surface area contributed by atoms with Crippen LogP contribution in [0.5, 0.6) is 0 Å². The van der Waals surface area contributed by atoms with Gasteiger partial charge in [0.25, 0.3) is 15.7 Å². The molecule has 2 aromatic carbocycles. The Morgan fingerprint density at radius 2 is 1.87 bits per heavy atom. The quantitative estimate of drug-likeness (QED) is 0.370. The summed E-state index contributed by atoms with van der Waals surface area (Å²) in [6, 6.07) is 13.6. The van der Waals surface area contributed by atoms with Crippen molar-refractivity contribution in [3.63, 3.8) is 0 Å². The van der Waals surface area contributed by atoms with E-state index < -0.39 is 43.6 Å². The van der Waals surface area contributed by atoms with Gasteiger partial charge in [-0.25, -0.2) is 8.42 Å². The minimum atomic E-state index is -4.29. The van der Waals surface area contributed by atoms with E-state index in [-0.39, 0.29) is 13.0 Å². The monoisotopic (exact) mass is 442 g/mol. The van der Waals surface area contributed by atoms with Crippen LogP contribution in [0.4, 0.5) is 5.69 Å². The molecule has 0 saturated carbocycles. The van der Waals surface area contributed by atoms with E-state index in [4.69, 9.17) is 4.74 Å². The third-order valence-corrected chi connectivity index (χ3v) is 6.96. The number of sulfonamides is 1. The van der Waals surface area contributed by atoms with E-state index in [0.717, 1.165) is 15.9 Å². The standard InChI is InChI=1S/C22H22N2O6S/c1-3-18-13-14-23(31(28,29)21-12-8-7-11-19(21)24(26)27)20(22(18)30-16(2)25)15-17-9-5-4-6-10-17/h3-13,20,22H,1,14-15H2,2H3/t20-,22+/m1/s1. The smallest absolute Gasteiger partial charge is 0.303 e. The molecule has 2 atom stereocenters. The number of esters is 1. The van der Waals surface area contributed by atoms with E-state index in [1.54, 1.807) is 6.08 Å². The van der Waals surface area contributed by atoms with E-state index in [1.807, 2.05) is 30.3 Å². The Balaban J connectivity index is 2.13. The maximum atomic E-state index is 13.6. The first-order chi connectivity index (χ1) is 14.8. The molecule has 1 aliphatic rings. The number of carbonyl (C=O) groups is 1. The van der Waals surface area contributed by atoms with Gasteiger partial charge in [-0.05, 0) is 23.6 Å². The molecule has 0 aromatic heterocycles. The van der Waals surface area contributed by atoms with Gasteiger partial charge >= 0.3 is 5.97 Å². The van der Waals surface area contributed by atoms with E-state index >= 15 is 0 Å². The number of nitro benzene ring substituents is 1. The summed E-state index contributed by atoms with van der Waals surface area (Å²) >= 11 is 0. The third kappa shape index (κ3) is 4.73. The second-order valence-corrected chi connectivity index (χ2v) is 8.85. The normalized spacial score (nSPS) is 19.3. The molecule has 1 heterocycles. The molecule has 0 radical (unpaired) electrons. The molecule has 0 N–H and O–H groups in total. The lowest BCUT2D eigenvalue weighted by atomic mass is 9.93. The highest BCUT2D eigenvalue weighted by Gasteiger charge is 2.43. The molecule has 9 heteroatoms. The lowest BCUT2D eigenvalue weighted by Crippen LogP contribution is -2.52. The molecule has 1 aliphatic heterocycles. The zero-order valence-corrected chi connectivity index (χ0v) is 17.7. The number of carbonyl (C=O) groups excluding carboxylic acids is 1. The molecular formula is C22H22N2O6S. The highest BCUT2D eigenvalue weighted by Crippen LogP contribution is 2.33. The van der Waals surface area contributed by atoms with Gasteiger partial charge in [0.15, 0.2) is 4.90 Å². The number of rotatable bonds is 7. The van der Waals surface area contributed by atoms with Crippen molar-refractivity contribution < 1.29 is 22.9 Å². The van der Waals surface area contributed by atoms with Crippen molar-refractivity contribution in [2.45, 2.75) is 30.4 Å². The average molecular weight is 442 g/mol. The average Bonchev–Trinajstić information content (AvgIpc) is 2.75. The second kappa shape index (κ2) is 9.23. The van der Waals surface area contributed by atoms with Crippen molar-refractivity contribution >= 4 is 21.7 Å². The summed E-state index contributed by atoms with van der Waals surface area (Å²) in [5, 5.41) is 11.5. The van der Waals surface area contributed by atoms with E-state index in [2.05, 4.69) is 6.58 Å². The van der Waals surface area contributed by atoms with Crippen LogP contribution in [0.1, 0.15) is 12.5 Å². The molecule has 0 aliphatic carbocycles. The van der Waals surface area contributed by atoms with Gasteiger partial charge in [0, 0.05) is 19.5 Å². The Kier molecular flexibility index (Phi) is 6.67. The van der Waals surface area contributed by atoms with Crippen LogP contribution < -0.4 is 0 Å². The zero-order chi connectivity index (χ0) is 22.6. The van der Waals surface area contributed by atoms with E-state index in [9.17, 15) is 23.3 Å². The Morgan fingerprint density at radius 3 is 2.48 bits per heavy atom. The van der Waals surface area contributed by atoms with Gasteiger partial charge in [-0.3, -0.25) is 14.9 Å². The highest BCUT2D eigenvalue weighted by molar-refractivity contribution is 7.89. The molecule has 0 saturated heterocycles. The molecule has 3 rings (SSSR count). The SMILES string of the molecule is C=CC1=CCN(S(=O)(=O)c2ccccc2[N+](=O)[O-])[C@H](Cc2ccccc2)[C@H]1OC(C)=O. The summed E-state index contributed by atoms with van der Waals surface area (Å²) in [6.07, 6.45) is 2.47. The number of para-hydroxylation sites is 1. The molecule has 0 unspecified atom stereocenters. The molecule has 0 amide bonds. The molecular weight excluding hydrogens is 420 g/mol. The molecule has 162 valence electrons. The summed E-state index contributed by atoms with van der Waals surface area (Å²) in [5.41, 5.74) is 0.909. The third-order valence-electron chi connectivity index (χ3n) is 5.02. The van der Waals surface area contributed by atoms with Crippen molar-refractivity contribution in [3.8, 4) is 0 Å².